The SMILES string of the molecule is COC1CCCN(c2nc(N)ncc2C)C1. The van der Waals surface area contributed by atoms with Crippen molar-refractivity contribution in [2.45, 2.75) is 25.9 Å². The summed E-state index contributed by atoms with van der Waals surface area (Å²) < 4.78 is 5.40. The fourth-order valence-electron chi connectivity index (χ4n) is 2.09. The summed E-state index contributed by atoms with van der Waals surface area (Å²) in [7, 11) is 1.76. The molecule has 2 heterocycles. The number of nitrogens with zero attached hydrogens (tertiary/aromatic N) is 3. The lowest BCUT2D eigenvalue weighted by atomic mass is 10.1. The molecule has 5 heteroatoms. The van der Waals surface area contributed by atoms with Crippen molar-refractivity contribution < 1.29 is 4.74 Å². The summed E-state index contributed by atoms with van der Waals surface area (Å²) in [6, 6.07) is 0. The van der Waals surface area contributed by atoms with Crippen LogP contribution >= 0.6 is 0 Å². The molecular formula is C11H18N4O. The third-order valence-corrected chi connectivity index (χ3v) is 2.97. The third kappa shape index (κ3) is 2.24. The van der Waals surface area contributed by atoms with Crippen LogP contribution in [0.15, 0.2) is 6.20 Å². The second kappa shape index (κ2) is 4.65. The number of rotatable bonds is 2. The summed E-state index contributed by atoms with van der Waals surface area (Å²) in [6.07, 6.45) is 4.31. The molecule has 1 aromatic heterocycles. The lowest BCUT2D eigenvalue weighted by Crippen LogP contribution is -2.40. The van der Waals surface area contributed by atoms with Gasteiger partial charge < -0.3 is 15.4 Å². The molecule has 1 aliphatic rings. The van der Waals surface area contributed by atoms with Gasteiger partial charge in [0, 0.05) is 32.0 Å². The van der Waals surface area contributed by atoms with E-state index in [2.05, 4.69) is 14.9 Å². The molecular weight excluding hydrogens is 204 g/mol. The van der Waals surface area contributed by atoms with Gasteiger partial charge in [0.2, 0.25) is 5.95 Å². The predicted octanol–water partition coefficient (Wildman–Crippen LogP) is 0.982. The Morgan fingerprint density at radius 2 is 2.38 bits per heavy atom. The fraction of sp³-hybridized carbons (Fsp3) is 0.636. The number of aromatic nitrogens is 2. The topological polar surface area (TPSA) is 64.3 Å². The maximum absolute atomic E-state index is 5.62. The molecule has 1 aliphatic heterocycles. The maximum Gasteiger partial charge on any atom is 0.221 e. The minimum atomic E-state index is 0.296. The number of hydrogen-bond acceptors (Lipinski definition) is 5. The van der Waals surface area contributed by atoms with Gasteiger partial charge in [-0.25, -0.2) is 4.98 Å². The highest BCUT2D eigenvalue weighted by Gasteiger charge is 2.21. The first-order valence-corrected chi connectivity index (χ1v) is 5.57. The molecule has 88 valence electrons. The Bertz CT molecular complexity index is 369. The van der Waals surface area contributed by atoms with Crippen LogP contribution in [0.3, 0.4) is 0 Å². The van der Waals surface area contributed by atoms with Gasteiger partial charge in [0.1, 0.15) is 5.82 Å². The van der Waals surface area contributed by atoms with Crippen LogP contribution in [-0.2, 0) is 4.74 Å². The molecule has 1 saturated heterocycles. The Morgan fingerprint density at radius 1 is 1.56 bits per heavy atom. The van der Waals surface area contributed by atoms with Crippen LogP contribution in [0.1, 0.15) is 18.4 Å². The first kappa shape index (κ1) is 11.1. The number of piperidine rings is 1. The van der Waals surface area contributed by atoms with Gasteiger partial charge >= 0.3 is 0 Å². The van der Waals surface area contributed by atoms with Gasteiger partial charge in [-0.15, -0.1) is 0 Å². The van der Waals surface area contributed by atoms with E-state index in [1.165, 1.54) is 0 Å². The van der Waals surface area contributed by atoms with E-state index in [0.29, 0.717) is 12.1 Å². The molecule has 1 fully saturated rings. The smallest absolute Gasteiger partial charge is 0.221 e. The Labute approximate surface area is 95.6 Å². The first-order chi connectivity index (χ1) is 7.70. The molecule has 2 N–H and O–H groups in total. The second-order valence-electron chi connectivity index (χ2n) is 4.18. The summed E-state index contributed by atoms with van der Waals surface area (Å²) in [5, 5.41) is 0. The Balaban J connectivity index is 2.19. The van der Waals surface area contributed by atoms with E-state index in [9.17, 15) is 0 Å². The average Bonchev–Trinajstić information content (AvgIpc) is 2.32. The van der Waals surface area contributed by atoms with Crippen molar-refractivity contribution >= 4 is 11.8 Å². The minimum Gasteiger partial charge on any atom is -0.380 e. The van der Waals surface area contributed by atoms with Crippen LogP contribution in [0.5, 0.6) is 0 Å². The molecule has 0 spiro atoms. The summed E-state index contributed by atoms with van der Waals surface area (Å²) >= 11 is 0. The standard InChI is InChI=1S/C11H18N4O/c1-8-6-13-11(12)14-10(8)15-5-3-4-9(7-15)16-2/h6,9H,3-5,7H2,1-2H3,(H2,12,13,14). The fourth-order valence-corrected chi connectivity index (χ4v) is 2.09. The van der Waals surface area contributed by atoms with E-state index in [0.717, 1.165) is 37.3 Å². The molecule has 1 aromatic rings. The van der Waals surface area contributed by atoms with Gasteiger partial charge in [0.05, 0.1) is 6.10 Å². The maximum atomic E-state index is 5.62. The van der Waals surface area contributed by atoms with Gasteiger partial charge in [-0.05, 0) is 19.8 Å². The number of aryl methyl sites for hydroxylation is 1. The number of ether oxygens (including phenoxy) is 1. The van der Waals surface area contributed by atoms with Crippen molar-refractivity contribution in [1.29, 1.82) is 0 Å². The van der Waals surface area contributed by atoms with Gasteiger partial charge in [-0.2, -0.15) is 4.98 Å². The quantitative estimate of drug-likeness (QED) is 0.808. The van der Waals surface area contributed by atoms with Crippen LogP contribution in [-0.4, -0.2) is 36.3 Å². The van der Waals surface area contributed by atoms with Crippen molar-refractivity contribution in [3.8, 4) is 0 Å². The van der Waals surface area contributed by atoms with Crippen molar-refractivity contribution in [2.75, 3.05) is 30.8 Å². The van der Waals surface area contributed by atoms with E-state index in [-0.39, 0.29) is 0 Å². The van der Waals surface area contributed by atoms with E-state index < -0.39 is 0 Å². The molecule has 1 unspecified atom stereocenters. The highest BCUT2D eigenvalue weighted by atomic mass is 16.5. The van der Waals surface area contributed by atoms with Gasteiger partial charge in [-0.3, -0.25) is 0 Å². The number of anilines is 2. The summed E-state index contributed by atoms with van der Waals surface area (Å²) in [4.78, 5) is 10.5. The number of nitrogen functional groups attached to an aromatic ring is 1. The molecule has 1 atom stereocenters. The van der Waals surface area contributed by atoms with Crippen molar-refractivity contribution in [1.82, 2.24) is 9.97 Å². The Kier molecular flexibility index (Phi) is 3.24. The van der Waals surface area contributed by atoms with Gasteiger partial charge in [0.15, 0.2) is 0 Å². The summed E-state index contributed by atoms with van der Waals surface area (Å²) in [5.74, 6) is 1.27. The van der Waals surface area contributed by atoms with Crippen LogP contribution in [0.4, 0.5) is 11.8 Å². The van der Waals surface area contributed by atoms with Gasteiger partial charge in [-0.1, -0.05) is 0 Å². The molecule has 0 bridgehead atoms. The zero-order valence-corrected chi connectivity index (χ0v) is 9.81. The monoisotopic (exact) mass is 222 g/mol. The van der Waals surface area contributed by atoms with Gasteiger partial charge in [0.25, 0.3) is 0 Å². The molecule has 0 saturated carbocycles. The zero-order valence-electron chi connectivity index (χ0n) is 9.81. The molecule has 2 rings (SSSR count). The Morgan fingerprint density at radius 3 is 3.12 bits per heavy atom. The molecule has 0 radical (unpaired) electrons. The predicted molar refractivity (Wildman–Crippen MR) is 63.4 cm³/mol. The number of methoxy groups -OCH3 is 1. The van der Waals surface area contributed by atoms with E-state index in [1.807, 2.05) is 6.92 Å². The molecule has 16 heavy (non-hydrogen) atoms. The summed E-state index contributed by atoms with van der Waals surface area (Å²) in [5.41, 5.74) is 6.68. The van der Waals surface area contributed by atoms with E-state index in [1.54, 1.807) is 13.3 Å². The Hall–Kier alpha value is -1.36. The molecule has 0 aliphatic carbocycles. The summed E-state index contributed by atoms with van der Waals surface area (Å²) in [6.45, 7) is 3.90. The third-order valence-electron chi connectivity index (χ3n) is 2.97. The van der Waals surface area contributed by atoms with Crippen molar-refractivity contribution in [3.05, 3.63) is 11.8 Å². The lowest BCUT2D eigenvalue weighted by molar-refractivity contribution is 0.0891. The van der Waals surface area contributed by atoms with Crippen molar-refractivity contribution in [2.24, 2.45) is 0 Å². The minimum absolute atomic E-state index is 0.296. The lowest BCUT2D eigenvalue weighted by Gasteiger charge is -2.33. The highest BCUT2D eigenvalue weighted by molar-refractivity contribution is 5.48. The molecule has 5 nitrogen and oxygen atoms in total. The van der Waals surface area contributed by atoms with E-state index >= 15 is 0 Å². The second-order valence-corrected chi connectivity index (χ2v) is 4.18. The first-order valence-electron chi connectivity index (χ1n) is 5.57. The zero-order chi connectivity index (χ0) is 11.5. The highest BCUT2D eigenvalue weighted by Crippen LogP contribution is 2.22. The molecule has 0 aromatic carbocycles. The number of hydrogen-bond donors (Lipinski definition) is 1. The molecule has 0 amide bonds. The van der Waals surface area contributed by atoms with Crippen LogP contribution in [0.25, 0.3) is 0 Å². The van der Waals surface area contributed by atoms with Crippen LogP contribution in [0, 0.1) is 6.92 Å². The van der Waals surface area contributed by atoms with E-state index in [4.69, 9.17) is 10.5 Å². The van der Waals surface area contributed by atoms with Crippen LogP contribution in [0.2, 0.25) is 0 Å². The number of nitrogens with two attached hydrogens (primary N) is 1. The van der Waals surface area contributed by atoms with Crippen LogP contribution < -0.4 is 10.6 Å². The normalized spacial score (nSPS) is 21.1. The largest absolute Gasteiger partial charge is 0.380 e. The van der Waals surface area contributed by atoms with Crippen molar-refractivity contribution in [3.63, 3.8) is 0 Å². The average molecular weight is 222 g/mol.